The second-order valence-electron chi connectivity index (χ2n) is 8.80. The molecule has 0 bridgehead atoms. The van der Waals surface area contributed by atoms with Gasteiger partial charge >= 0.3 is 0 Å². The summed E-state index contributed by atoms with van der Waals surface area (Å²) < 4.78 is 7.67. The molecule has 2 aromatic carbocycles. The van der Waals surface area contributed by atoms with E-state index in [1.54, 1.807) is 0 Å². The molecule has 6 nitrogen and oxygen atoms in total. The Morgan fingerprint density at radius 1 is 0.829 bits per heavy atom. The van der Waals surface area contributed by atoms with Crippen LogP contribution in [0.1, 0.15) is 23.3 Å². The zero-order valence-corrected chi connectivity index (χ0v) is 20.1. The van der Waals surface area contributed by atoms with Crippen molar-refractivity contribution in [3.63, 3.8) is 0 Å². The first-order valence-corrected chi connectivity index (χ1v) is 12.4. The van der Waals surface area contributed by atoms with Gasteiger partial charge in [0.25, 0.3) is 0 Å². The molecule has 0 aliphatic carbocycles. The zero-order chi connectivity index (χ0) is 23.6. The Bertz CT molecular complexity index is 1290. The molecule has 0 spiro atoms. The van der Waals surface area contributed by atoms with Crippen molar-refractivity contribution in [1.82, 2.24) is 14.9 Å². The number of anilines is 2. The van der Waals surface area contributed by atoms with Gasteiger partial charge in [0, 0.05) is 48.7 Å². The van der Waals surface area contributed by atoms with Crippen LogP contribution in [0.2, 0.25) is 0 Å². The van der Waals surface area contributed by atoms with Gasteiger partial charge in [-0.3, -0.25) is 4.98 Å². The SMILES string of the molecule is S=C1N[C@H](c2ccccn2)[C@H](c2ccn(-c3ccccc3)c2)N1c1ccc(N2CCOCC2)cc1. The average molecular weight is 482 g/mol. The summed E-state index contributed by atoms with van der Waals surface area (Å²) in [6.07, 6.45) is 6.15. The van der Waals surface area contributed by atoms with E-state index in [4.69, 9.17) is 17.0 Å². The Kier molecular flexibility index (Phi) is 5.94. The molecule has 176 valence electrons. The number of morpholine rings is 1. The molecule has 2 atom stereocenters. The lowest BCUT2D eigenvalue weighted by Crippen LogP contribution is -2.36. The molecule has 1 N–H and O–H groups in total. The lowest BCUT2D eigenvalue weighted by atomic mass is 9.98. The predicted octanol–water partition coefficient (Wildman–Crippen LogP) is 4.89. The van der Waals surface area contributed by atoms with Gasteiger partial charge in [-0.25, -0.2) is 0 Å². The minimum atomic E-state index is -0.0609. The molecular weight excluding hydrogens is 454 g/mol. The maximum atomic E-state index is 5.89. The Labute approximate surface area is 210 Å². The highest BCUT2D eigenvalue weighted by molar-refractivity contribution is 7.80. The standard InChI is InChI=1S/C28H27N5OS/c35-28-30-26(25-8-4-5-14-29-25)27(21-13-15-32(20-21)22-6-2-1-3-7-22)33(28)24-11-9-23(10-12-24)31-16-18-34-19-17-31/h1-15,20,26-27H,16-19H2,(H,30,35)/t26-,27+/m1/s1. The van der Waals surface area contributed by atoms with Crippen molar-refractivity contribution < 1.29 is 4.74 Å². The number of benzene rings is 2. The number of aromatic nitrogens is 2. The van der Waals surface area contributed by atoms with Crippen molar-refractivity contribution in [2.75, 3.05) is 36.1 Å². The quantitative estimate of drug-likeness (QED) is 0.410. The average Bonchev–Trinajstić information content (AvgIpc) is 3.55. The van der Waals surface area contributed by atoms with Crippen LogP contribution < -0.4 is 15.1 Å². The monoisotopic (exact) mass is 481 g/mol. The zero-order valence-electron chi connectivity index (χ0n) is 19.3. The number of rotatable bonds is 5. The van der Waals surface area contributed by atoms with E-state index in [1.807, 2.05) is 24.4 Å². The lowest BCUT2D eigenvalue weighted by Gasteiger charge is -2.30. The van der Waals surface area contributed by atoms with Crippen LogP contribution in [0.4, 0.5) is 11.4 Å². The van der Waals surface area contributed by atoms with Crippen LogP contribution in [0.3, 0.4) is 0 Å². The first kappa shape index (κ1) is 21.8. The lowest BCUT2D eigenvalue weighted by molar-refractivity contribution is 0.122. The summed E-state index contributed by atoms with van der Waals surface area (Å²) in [5.41, 5.74) is 5.55. The molecule has 6 rings (SSSR count). The maximum absolute atomic E-state index is 5.89. The normalized spacial score (nSPS) is 20.2. The van der Waals surface area contributed by atoms with Gasteiger partial charge in [-0.1, -0.05) is 24.3 Å². The second-order valence-corrected chi connectivity index (χ2v) is 9.19. The van der Waals surface area contributed by atoms with Gasteiger partial charge in [0.2, 0.25) is 0 Å². The van der Waals surface area contributed by atoms with E-state index in [0.717, 1.165) is 43.4 Å². The third kappa shape index (κ3) is 4.29. The number of ether oxygens (including phenoxy) is 1. The van der Waals surface area contributed by atoms with Crippen molar-refractivity contribution in [1.29, 1.82) is 0 Å². The number of hydrogen-bond acceptors (Lipinski definition) is 4. The predicted molar refractivity (Wildman–Crippen MR) is 143 cm³/mol. The van der Waals surface area contributed by atoms with Crippen LogP contribution in [0.5, 0.6) is 0 Å². The van der Waals surface area contributed by atoms with Crippen molar-refractivity contribution in [2.45, 2.75) is 12.1 Å². The third-order valence-electron chi connectivity index (χ3n) is 6.71. The molecule has 7 heteroatoms. The summed E-state index contributed by atoms with van der Waals surface area (Å²) in [6, 6.07) is 27.2. The van der Waals surface area contributed by atoms with Gasteiger partial charge in [-0.15, -0.1) is 0 Å². The largest absolute Gasteiger partial charge is 0.378 e. The van der Waals surface area contributed by atoms with E-state index in [-0.39, 0.29) is 12.1 Å². The molecule has 2 aromatic heterocycles. The number of para-hydroxylation sites is 1. The third-order valence-corrected chi connectivity index (χ3v) is 7.03. The summed E-state index contributed by atoms with van der Waals surface area (Å²) in [4.78, 5) is 9.25. The summed E-state index contributed by atoms with van der Waals surface area (Å²) in [7, 11) is 0. The van der Waals surface area contributed by atoms with Crippen molar-refractivity contribution in [2.24, 2.45) is 0 Å². The van der Waals surface area contributed by atoms with Crippen LogP contribution in [-0.2, 0) is 4.74 Å². The van der Waals surface area contributed by atoms with Gasteiger partial charge < -0.3 is 24.4 Å². The highest BCUT2D eigenvalue weighted by atomic mass is 32.1. The van der Waals surface area contributed by atoms with E-state index < -0.39 is 0 Å². The van der Waals surface area contributed by atoms with Crippen LogP contribution in [0.25, 0.3) is 5.69 Å². The number of pyridine rings is 1. The molecule has 4 aromatic rings. The van der Waals surface area contributed by atoms with Gasteiger partial charge in [-0.2, -0.15) is 0 Å². The fourth-order valence-corrected chi connectivity index (χ4v) is 5.31. The van der Waals surface area contributed by atoms with E-state index in [0.29, 0.717) is 5.11 Å². The molecule has 2 aliphatic heterocycles. The van der Waals surface area contributed by atoms with E-state index in [9.17, 15) is 0 Å². The molecule has 2 fully saturated rings. The van der Waals surface area contributed by atoms with Gasteiger partial charge in [0.05, 0.1) is 31.0 Å². The topological polar surface area (TPSA) is 45.6 Å². The van der Waals surface area contributed by atoms with Gasteiger partial charge in [-0.05, 0) is 72.4 Å². The van der Waals surface area contributed by atoms with E-state index in [1.165, 1.54) is 11.3 Å². The van der Waals surface area contributed by atoms with Crippen molar-refractivity contribution >= 4 is 28.7 Å². The molecule has 2 aliphatic rings. The first-order valence-electron chi connectivity index (χ1n) is 11.9. The fourth-order valence-electron chi connectivity index (χ4n) is 4.97. The Morgan fingerprint density at radius 3 is 2.31 bits per heavy atom. The molecule has 2 saturated heterocycles. The number of hydrogen-bond donors (Lipinski definition) is 1. The van der Waals surface area contributed by atoms with E-state index >= 15 is 0 Å². The van der Waals surface area contributed by atoms with Gasteiger partial charge in [0.15, 0.2) is 5.11 Å². The molecule has 0 radical (unpaired) electrons. The maximum Gasteiger partial charge on any atom is 0.174 e. The Hall–Kier alpha value is -3.68. The molecule has 0 unspecified atom stereocenters. The van der Waals surface area contributed by atoms with Crippen LogP contribution >= 0.6 is 12.2 Å². The molecular formula is C28H27N5OS. The van der Waals surface area contributed by atoms with Crippen LogP contribution in [0, 0.1) is 0 Å². The summed E-state index contributed by atoms with van der Waals surface area (Å²) in [5, 5.41) is 4.26. The Morgan fingerprint density at radius 2 is 1.57 bits per heavy atom. The highest BCUT2D eigenvalue weighted by Gasteiger charge is 2.41. The second kappa shape index (κ2) is 9.52. The van der Waals surface area contributed by atoms with Crippen molar-refractivity contribution in [3.05, 3.63) is 109 Å². The van der Waals surface area contributed by atoms with E-state index in [2.05, 4.69) is 97.7 Å². The summed E-state index contributed by atoms with van der Waals surface area (Å²) in [5.74, 6) is 0. The Balaban J connectivity index is 1.37. The van der Waals surface area contributed by atoms with Crippen molar-refractivity contribution in [3.8, 4) is 5.69 Å². The molecule has 0 saturated carbocycles. The summed E-state index contributed by atoms with van der Waals surface area (Å²) in [6.45, 7) is 3.38. The minimum Gasteiger partial charge on any atom is -0.378 e. The molecule has 4 heterocycles. The smallest absolute Gasteiger partial charge is 0.174 e. The number of thiocarbonyl (C=S) groups is 1. The molecule has 0 amide bonds. The highest BCUT2D eigenvalue weighted by Crippen LogP contribution is 2.42. The molecule has 35 heavy (non-hydrogen) atoms. The number of nitrogens with one attached hydrogen (secondary N) is 1. The van der Waals surface area contributed by atoms with Crippen LogP contribution in [-0.4, -0.2) is 41.0 Å². The minimum absolute atomic E-state index is 0.0309. The fraction of sp³-hybridized carbons (Fsp3) is 0.214. The first-order chi connectivity index (χ1) is 17.3. The number of nitrogens with zero attached hydrogens (tertiary/aromatic N) is 4. The van der Waals surface area contributed by atoms with Gasteiger partial charge in [0.1, 0.15) is 0 Å². The summed E-state index contributed by atoms with van der Waals surface area (Å²) >= 11 is 5.89. The van der Waals surface area contributed by atoms with Crippen LogP contribution in [0.15, 0.2) is 97.5 Å².